The number of hydrogen-bond acceptors (Lipinski definition) is 5. The molecule has 2 aromatic rings. The maximum Gasteiger partial charge on any atom is 0.423 e. The molecule has 0 aliphatic carbocycles. The van der Waals surface area contributed by atoms with Gasteiger partial charge < -0.3 is 14.4 Å². The van der Waals surface area contributed by atoms with Crippen molar-refractivity contribution in [2.45, 2.75) is 39.2 Å². The van der Waals surface area contributed by atoms with Gasteiger partial charge in [-0.3, -0.25) is 0 Å². The smallest absolute Gasteiger partial charge is 0.423 e. The Morgan fingerprint density at radius 3 is 2.34 bits per heavy atom. The molecule has 160 valence electrons. The van der Waals surface area contributed by atoms with Gasteiger partial charge in [-0.15, -0.1) is 0 Å². The molecule has 1 aromatic heterocycles. The van der Waals surface area contributed by atoms with E-state index in [0.717, 1.165) is 0 Å². The van der Waals surface area contributed by atoms with Gasteiger partial charge in [0.25, 0.3) is 0 Å². The third-order valence-corrected chi connectivity index (χ3v) is 3.48. The highest BCUT2D eigenvalue weighted by Gasteiger charge is 2.38. The molecule has 0 aliphatic heterocycles. The van der Waals surface area contributed by atoms with Crippen LogP contribution in [0.1, 0.15) is 26.3 Å². The Morgan fingerprint density at radius 2 is 1.79 bits per heavy atom. The van der Waals surface area contributed by atoms with Crippen molar-refractivity contribution < 1.29 is 35.8 Å². The van der Waals surface area contributed by atoms with E-state index >= 15 is 0 Å². The number of hydrogen-bond donors (Lipinski definition) is 0. The van der Waals surface area contributed by atoms with Gasteiger partial charge >= 0.3 is 12.4 Å². The van der Waals surface area contributed by atoms with Crippen molar-refractivity contribution in [3.8, 4) is 11.6 Å². The topological polar surface area (TPSA) is 47.5 Å². The molecule has 29 heavy (non-hydrogen) atoms. The van der Waals surface area contributed by atoms with E-state index in [9.17, 15) is 26.3 Å². The second-order valence-electron chi connectivity index (χ2n) is 6.20. The SMILES string of the molecule is CCN(c1cccc(OC(C)C)c1)c1ncc(C(F)(F)F)c(OCC(F)(F)F)n1. The molecule has 0 N–H and O–H groups in total. The lowest BCUT2D eigenvalue weighted by Gasteiger charge is -2.23. The lowest BCUT2D eigenvalue weighted by Crippen LogP contribution is -2.24. The van der Waals surface area contributed by atoms with Crippen molar-refractivity contribution in [1.82, 2.24) is 9.97 Å². The molecule has 0 bridgehead atoms. The maximum absolute atomic E-state index is 13.1. The summed E-state index contributed by atoms with van der Waals surface area (Å²) in [5, 5.41) is 0. The van der Waals surface area contributed by atoms with Crippen molar-refractivity contribution in [3.63, 3.8) is 0 Å². The minimum atomic E-state index is -4.97. The van der Waals surface area contributed by atoms with Crippen LogP contribution in [0.5, 0.6) is 11.6 Å². The lowest BCUT2D eigenvalue weighted by atomic mass is 10.2. The third-order valence-electron chi connectivity index (χ3n) is 3.48. The summed E-state index contributed by atoms with van der Waals surface area (Å²) < 4.78 is 86.5. The van der Waals surface area contributed by atoms with E-state index in [2.05, 4.69) is 14.7 Å². The summed E-state index contributed by atoms with van der Waals surface area (Å²) in [6.07, 6.45) is -9.49. The normalized spacial score (nSPS) is 12.2. The Bertz CT molecular complexity index is 824. The van der Waals surface area contributed by atoms with E-state index in [0.29, 0.717) is 17.6 Å². The molecular formula is C18H19F6N3O2. The first-order valence-corrected chi connectivity index (χ1v) is 8.58. The van der Waals surface area contributed by atoms with Crippen LogP contribution in [-0.2, 0) is 6.18 Å². The fourth-order valence-electron chi connectivity index (χ4n) is 2.38. The van der Waals surface area contributed by atoms with Crippen LogP contribution in [0.2, 0.25) is 0 Å². The maximum atomic E-state index is 13.1. The van der Waals surface area contributed by atoms with Crippen LogP contribution >= 0.6 is 0 Å². The predicted molar refractivity (Wildman–Crippen MR) is 93.5 cm³/mol. The number of nitrogens with zero attached hydrogens (tertiary/aromatic N) is 3. The van der Waals surface area contributed by atoms with Gasteiger partial charge in [0.05, 0.1) is 6.10 Å². The van der Waals surface area contributed by atoms with Crippen molar-refractivity contribution in [2.24, 2.45) is 0 Å². The number of halogens is 6. The van der Waals surface area contributed by atoms with E-state index in [1.165, 1.54) is 4.90 Å². The van der Waals surface area contributed by atoms with Gasteiger partial charge in [-0.05, 0) is 32.9 Å². The van der Waals surface area contributed by atoms with E-state index in [1.807, 2.05) is 13.8 Å². The van der Waals surface area contributed by atoms with Crippen LogP contribution in [0, 0.1) is 0 Å². The Hall–Kier alpha value is -2.72. The molecule has 0 fully saturated rings. The summed E-state index contributed by atoms with van der Waals surface area (Å²) in [4.78, 5) is 8.72. The van der Waals surface area contributed by atoms with Crippen LogP contribution in [0.4, 0.5) is 38.0 Å². The Kier molecular flexibility index (Phi) is 6.81. The summed E-state index contributed by atoms with van der Waals surface area (Å²) in [5.41, 5.74) is -0.995. The van der Waals surface area contributed by atoms with E-state index in [4.69, 9.17) is 4.74 Å². The summed E-state index contributed by atoms with van der Waals surface area (Å²) in [7, 11) is 0. The summed E-state index contributed by atoms with van der Waals surface area (Å²) in [6, 6.07) is 6.64. The zero-order chi connectivity index (χ0) is 21.8. The van der Waals surface area contributed by atoms with Crippen molar-refractivity contribution in [3.05, 3.63) is 36.0 Å². The van der Waals surface area contributed by atoms with E-state index in [-0.39, 0.29) is 18.6 Å². The lowest BCUT2D eigenvalue weighted by molar-refractivity contribution is -0.159. The van der Waals surface area contributed by atoms with Gasteiger partial charge in [0.2, 0.25) is 11.8 Å². The first-order chi connectivity index (χ1) is 13.4. The number of rotatable bonds is 7. The van der Waals surface area contributed by atoms with Crippen LogP contribution < -0.4 is 14.4 Å². The van der Waals surface area contributed by atoms with Crippen LogP contribution in [-0.4, -0.2) is 35.4 Å². The monoisotopic (exact) mass is 423 g/mol. The molecule has 0 atom stereocenters. The third kappa shape index (κ3) is 6.40. The zero-order valence-electron chi connectivity index (χ0n) is 15.8. The minimum absolute atomic E-state index is 0.106. The van der Waals surface area contributed by atoms with Gasteiger partial charge in [-0.2, -0.15) is 31.3 Å². The van der Waals surface area contributed by atoms with Crippen LogP contribution in [0.25, 0.3) is 0 Å². The predicted octanol–water partition coefficient (Wildman–Crippen LogP) is 5.38. The molecule has 1 heterocycles. The summed E-state index contributed by atoms with van der Waals surface area (Å²) in [6.45, 7) is 3.67. The summed E-state index contributed by atoms with van der Waals surface area (Å²) in [5.74, 6) is -0.913. The van der Waals surface area contributed by atoms with E-state index < -0.39 is 30.4 Å². The van der Waals surface area contributed by atoms with Gasteiger partial charge in [0.15, 0.2) is 6.61 Å². The van der Waals surface area contributed by atoms with Crippen molar-refractivity contribution in [1.29, 1.82) is 0 Å². The average Bonchev–Trinajstić information content (AvgIpc) is 2.59. The molecule has 0 saturated carbocycles. The number of alkyl halides is 6. The molecular weight excluding hydrogens is 404 g/mol. The quantitative estimate of drug-likeness (QED) is 0.560. The highest BCUT2D eigenvalue weighted by Crippen LogP contribution is 2.37. The molecule has 0 amide bonds. The average molecular weight is 423 g/mol. The van der Waals surface area contributed by atoms with Gasteiger partial charge in [-0.1, -0.05) is 6.07 Å². The molecule has 1 aromatic carbocycles. The zero-order valence-corrected chi connectivity index (χ0v) is 15.8. The molecule has 0 saturated heterocycles. The summed E-state index contributed by atoms with van der Waals surface area (Å²) >= 11 is 0. The van der Waals surface area contributed by atoms with E-state index in [1.54, 1.807) is 31.2 Å². The highest BCUT2D eigenvalue weighted by atomic mass is 19.4. The van der Waals surface area contributed by atoms with Gasteiger partial charge in [-0.25, -0.2) is 4.98 Å². The number of anilines is 2. The first kappa shape index (κ1) is 22.6. The molecule has 2 rings (SSSR count). The molecule has 0 aliphatic rings. The van der Waals surface area contributed by atoms with Gasteiger partial charge in [0, 0.05) is 24.5 Å². The van der Waals surface area contributed by atoms with Gasteiger partial charge in [0.1, 0.15) is 11.3 Å². The largest absolute Gasteiger partial charge is 0.491 e. The fraction of sp³-hybridized carbons (Fsp3) is 0.444. The number of ether oxygens (including phenoxy) is 2. The van der Waals surface area contributed by atoms with Crippen LogP contribution in [0.15, 0.2) is 30.5 Å². The first-order valence-electron chi connectivity index (χ1n) is 8.58. The minimum Gasteiger partial charge on any atom is -0.491 e. The molecule has 0 spiro atoms. The number of benzene rings is 1. The highest BCUT2D eigenvalue weighted by molar-refractivity contribution is 5.59. The molecule has 11 heteroatoms. The van der Waals surface area contributed by atoms with Crippen molar-refractivity contribution in [2.75, 3.05) is 18.1 Å². The Morgan fingerprint density at radius 1 is 1.10 bits per heavy atom. The molecule has 0 radical (unpaired) electrons. The molecule has 5 nitrogen and oxygen atoms in total. The van der Waals surface area contributed by atoms with Crippen molar-refractivity contribution >= 4 is 11.6 Å². The van der Waals surface area contributed by atoms with Crippen LogP contribution in [0.3, 0.4) is 0 Å². The number of aromatic nitrogens is 2. The molecule has 0 unspecified atom stereocenters. The Balaban J connectivity index is 2.43. The fourth-order valence-corrected chi connectivity index (χ4v) is 2.38. The second-order valence-corrected chi connectivity index (χ2v) is 6.20. The Labute approximate surface area is 163 Å². The second kappa shape index (κ2) is 8.75. The standard InChI is InChI=1S/C18H19F6N3O2/c1-4-27(12-6-5-7-13(8-12)29-11(2)3)16-25-9-14(18(22,23)24)15(26-16)28-10-17(19,20)21/h5-9,11H,4,10H2,1-3H3.